The third-order valence-electron chi connectivity index (χ3n) is 0.893. The second-order valence-electron chi connectivity index (χ2n) is 1.26. The van der Waals surface area contributed by atoms with Crippen LogP contribution in [-0.4, -0.2) is 24.4 Å². The van der Waals surface area contributed by atoms with Crippen LogP contribution in [0.4, 0.5) is 0 Å². The van der Waals surface area contributed by atoms with Crippen LogP contribution in [0.2, 0.25) is 0 Å². The number of hydrogen-bond donors (Lipinski definition) is 0. The second kappa shape index (κ2) is 3.65. The lowest BCUT2D eigenvalue weighted by atomic mass is 10.6. The maximum atomic E-state index is 9.77. The second-order valence-corrected chi connectivity index (χ2v) is 1.26. The van der Waals surface area contributed by atoms with Gasteiger partial charge in [0.15, 0.2) is 0 Å². The van der Waals surface area contributed by atoms with E-state index in [1.165, 1.54) is 0 Å². The van der Waals surface area contributed by atoms with Crippen molar-refractivity contribution in [3.8, 4) is 0 Å². The first kappa shape index (κ1) is 6.47. The molecule has 0 heterocycles. The standard InChI is InChI=1S/C5H10NO/c1-3-6(4-2)5-7/h3-4H2,1-2H3. The van der Waals surface area contributed by atoms with Gasteiger partial charge >= 0.3 is 6.41 Å². The molecule has 0 spiro atoms. The summed E-state index contributed by atoms with van der Waals surface area (Å²) in [7, 11) is 0. The monoisotopic (exact) mass is 100 g/mol. The highest BCUT2D eigenvalue weighted by Crippen LogP contribution is 1.75. The number of amides is 1. The lowest BCUT2D eigenvalue weighted by molar-refractivity contribution is 0.410. The maximum absolute atomic E-state index is 9.77. The molecule has 0 aromatic heterocycles. The van der Waals surface area contributed by atoms with Crippen molar-refractivity contribution in [1.82, 2.24) is 4.90 Å². The highest BCUT2D eigenvalue weighted by Gasteiger charge is 1.89. The fraction of sp³-hybridized carbons (Fsp3) is 0.800. The summed E-state index contributed by atoms with van der Waals surface area (Å²) in [5.74, 6) is 0. The Morgan fingerprint density at radius 2 is 1.86 bits per heavy atom. The average molecular weight is 100 g/mol. The summed E-state index contributed by atoms with van der Waals surface area (Å²) in [5.41, 5.74) is 0. The Balaban J connectivity index is 3.16. The molecule has 0 aliphatic rings. The first-order valence-electron chi connectivity index (χ1n) is 2.47. The van der Waals surface area contributed by atoms with Crippen LogP contribution in [0.5, 0.6) is 0 Å². The van der Waals surface area contributed by atoms with Gasteiger partial charge in [-0.05, 0) is 13.8 Å². The van der Waals surface area contributed by atoms with E-state index in [0.29, 0.717) is 0 Å². The topological polar surface area (TPSA) is 20.3 Å². The molecule has 0 aromatic rings. The highest BCUT2D eigenvalue weighted by atomic mass is 16.1. The summed E-state index contributed by atoms with van der Waals surface area (Å²) in [5, 5.41) is 0. The molecule has 0 aromatic carbocycles. The molecule has 2 heteroatoms. The van der Waals surface area contributed by atoms with Crippen molar-refractivity contribution in [3.05, 3.63) is 0 Å². The molecule has 0 aliphatic heterocycles. The van der Waals surface area contributed by atoms with Gasteiger partial charge in [-0.3, -0.25) is 4.79 Å². The summed E-state index contributed by atoms with van der Waals surface area (Å²) < 4.78 is 0. The summed E-state index contributed by atoms with van der Waals surface area (Å²) in [4.78, 5) is 11.3. The SMILES string of the molecule is CCN([C]=O)CC. The zero-order valence-corrected chi connectivity index (χ0v) is 4.77. The van der Waals surface area contributed by atoms with Gasteiger partial charge in [0.25, 0.3) is 0 Å². The molecule has 0 bridgehead atoms. The number of rotatable bonds is 3. The smallest absolute Gasteiger partial charge is 0.312 e. The molecule has 0 fully saturated rings. The zero-order chi connectivity index (χ0) is 5.70. The number of nitrogens with zero attached hydrogens (tertiary/aromatic N) is 1. The predicted octanol–water partition coefficient (Wildman–Crippen LogP) is 0.395. The minimum Gasteiger partial charge on any atom is -0.335 e. The molecule has 1 amide bonds. The normalized spacial score (nSPS) is 8.29. The quantitative estimate of drug-likeness (QED) is 0.470. The molecule has 0 N–H and O–H groups in total. The Bertz CT molecular complexity index is 50.0. The first-order chi connectivity index (χ1) is 3.35. The minimum absolute atomic E-state index is 0.764. The van der Waals surface area contributed by atoms with Gasteiger partial charge in [0.05, 0.1) is 0 Å². The lowest BCUT2D eigenvalue weighted by Crippen LogP contribution is -2.19. The van der Waals surface area contributed by atoms with E-state index in [1.807, 2.05) is 13.8 Å². The fourth-order valence-corrected chi connectivity index (χ4v) is 0.353. The van der Waals surface area contributed by atoms with Crippen molar-refractivity contribution < 1.29 is 4.79 Å². The van der Waals surface area contributed by atoms with E-state index in [9.17, 15) is 4.79 Å². The van der Waals surface area contributed by atoms with Crippen LogP contribution in [0.1, 0.15) is 13.8 Å². The molecular weight excluding hydrogens is 90.1 g/mol. The van der Waals surface area contributed by atoms with Crippen LogP contribution in [0, 0.1) is 0 Å². The minimum atomic E-state index is 0.764. The van der Waals surface area contributed by atoms with E-state index in [0.717, 1.165) is 13.1 Å². The molecule has 41 valence electrons. The van der Waals surface area contributed by atoms with Crippen LogP contribution >= 0.6 is 0 Å². The molecule has 1 radical (unpaired) electrons. The molecular formula is C5H10NO. The van der Waals surface area contributed by atoms with Crippen LogP contribution in [0.3, 0.4) is 0 Å². The van der Waals surface area contributed by atoms with E-state index in [-0.39, 0.29) is 0 Å². The maximum Gasteiger partial charge on any atom is 0.312 e. The summed E-state index contributed by atoms with van der Waals surface area (Å²) in [6.45, 7) is 5.38. The Labute approximate surface area is 44.1 Å². The average Bonchev–Trinajstić information content (AvgIpc) is 1.72. The van der Waals surface area contributed by atoms with Gasteiger partial charge in [-0.15, -0.1) is 0 Å². The third-order valence-corrected chi connectivity index (χ3v) is 0.893. The van der Waals surface area contributed by atoms with E-state index in [2.05, 4.69) is 0 Å². The van der Waals surface area contributed by atoms with Crippen molar-refractivity contribution in [2.75, 3.05) is 13.1 Å². The van der Waals surface area contributed by atoms with Gasteiger partial charge in [0.2, 0.25) is 0 Å². The van der Waals surface area contributed by atoms with Gasteiger partial charge in [0.1, 0.15) is 0 Å². The Kier molecular flexibility index (Phi) is 3.38. The summed E-state index contributed by atoms with van der Waals surface area (Å²) in [6, 6.07) is 0. The molecule has 0 saturated heterocycles. The highest BCUT2D eigenvalue weighted by molar-refractivity contribution is 5.47. The number of hydrogen-bond acceptors (Lipinski definition) is 1. The first-order valence-corrected chi connectivity index (χ1v) is 2.47. The zero-order valence-electron chi connectivity index (χ0n) is 4.77. The Hall–Kier alpha value is -0.530. The lowest BCUT2D eigenvalue weighted by Gasteiger charge is -2.07. The molecule has 0 atom stereocenters. The van der Waals surface area contributed by atoms with Crippen molar-refractivity contribution in [2.24, 2.45) is 0 Å². The summed E-state index contributed by atoms with van der Waals surface area (Å²) >= 11 is 0. The fourth-order valence-electron chi connectivity index (χ4n) is 0.353. The molecule has 7 heavy (non-hydrogen) atoms. The molecule has 0 saturated carbocycles. The van der Waals surface area contributed by atoms with Crippen LogP contribution in [0.25, 0.3) is 0 Å². The van der Waals surface area contributed by atoms with Crippen molar-refractivity contribution >= 4 is 6.41 Å². The van der Waals surface area contributed by atoms with Crippen molar-refractivity contribution in [1.29, 1.82) is 0 Å². The van der Waals surface area contributed by atoms with Crippen LogP contribution < -0.4 is 0 Å². The van der Waals surface area contributed by atoms with Gasteiger partial charge in [0, 0.05) is 13.1 Å². The van der Waals surface area contributed by atoms with E-state index in [1.54, 1.807) is 11.3 Å². The van der Waals surface area contributed by atoms with E-state index < -0.39 is 0 Å². The largest absolute Gasteiger partial charge is 0.335 e. The summed E-state index contributed by atoms with van der Waals surface area (Å²) in [6.07, 6.45) is 1.78. The van der Waals surface area contributed by atoms with Gasteiger partial charge in [-0.25, -0.2) is 0 Å². The van der Waals surface area contributed by atoms with Crippen LogP contribution in [-0.2, 0) is 4.79 Å². The molecule has 2 nitrogen and oxygen atoms in total. The Morgan fingerprint density at radius 3 is 1.86 bits per heavy atom. The Morgan fingerprint density at radius 1 is 1.43 bits per heavy atom. The predicted molar refractivity (Wildman–Crippen MR) is 28.6 cm³/mol. The molecule has 0 aliphatic carbocycles. The van der Waals surface area contributed by atoms with Gasteiger partial charge in [-0.1, -0.05) is 0 Å². The van der Waals surface area contributed by atoms with Gasteiger partial charge in [-0.2, -0.15) is 0 Å². The van der Waals surface area contributed by atoms with Gasteiger partial charge < -0.3 is 4.90 Å². The number of carbonyl (C=O) groups excluding carboxylic acids is 1. The van der Waals surface area contributed by atoms with Crippen molar-refractivity contribution in [2.45, 2.75) is 13.8 Å². The van der Waals surface area contributed by atoms with E-state index >= 15 is 0 Å². The molecule has 0 rings (SSSR count). The van der Waals surface area contributed by atoms with E-state index in [4.69, 9.17) is 0 Å². The van der Waals surface area contributed by atoms with Crippen LogP contribution in [0.15, 0.2) is 0 Å². The van der Waals surface area contributed by atoms with Crippen molar-refractivity contribution in [3.63, 3.8) is 0 Å². The third kappa shape index (κ3) is 2.20. The molecule has 0 unspecified atom stereocenters.